The lowest BCUT2D eigenvalue weighted by molar-refractivity contribution is -0.385. The highest BCUT2D eigenvalue weighted by molar-refractivity contribution is 7.89. The van der Waals surface area contributed by atoms with Crippen molar-refractivity contribution in [3.63, 3.8) is 0 Å². The molecule has 0 amide bonds. The van der Waals surface area contributed by atoms with Crippen molar-refractivity contribution in [3.05, 3.63) is 69.8 Å². The van der Waals surface area contributed by atoms with Crippen LogP contribution in [0.5, 0.6) is 0 Å². The van der Waals surface area contributed by atoms with E-state index in [2.05, 4.69) is 4.74 Å². The molecule has 0 spiro atoms. The Morgan fingerprint density at radius 1 is 1.19 bits per heavy atom. The maximum Gasteiger partial charge on any atom is 0.321 e. The summed E-state index contributed by atoms with van der Waals surface area (Å²) in [6.07, 6.45) is 0. The van der Waals surface area contributed by atoms with Gasteiger partial charge in [0.25, 0.3) is 5.69 Å². The number of methoxy groups -OCH3 is 1. The van der Waals surface area contributed by atoms with Crippen LogP contribution in [0.25, 0.3) is 0 Å². The van der Waals surface area contributed by atoms with Crippen LogP contribution in [-0.4, -0.2) is 37.3 Å². The molecule has 0 N–H and O–H groups in total. The van der Waals surface area contributed by atoms with Crippen LogP contribution < -0.4 is 0 Å². The molecular weight excluding hydrogens is 360 g/mol. The smallest absolute Gasteiger partial charge is 0.321 e. The van der Waals surface area contributed by atoms with Gasteiger partial charge in [0.05, 0.1) is 16.9 Å². The molecule has 8 nitrogen and oxygen atoms in total. The lowest BCUT2D eigenvalue weighted by atomic mass is 10.2. The normalized spacial score (nSPS) is 11.3. The number of carbonyl (C=O) groups excluding carboxylic acids is 1. The van der Waals surface area contributed by atoms with Crippen LogP contribution in [0.2, 0.25) is 0 Å². The fourth-order valence-electron chi connectivity index (χ4n) is 2.34. The molecule has 0 saturated carbocycles. The summed E-state index contributed by atoms with van der Waals surface area (Å²) < 4.78 is 31.7. The molecule has 138 valence electrons. The highest BCUT2D eigenvalue weighted by atomic mass is 32.2. The van der Waals surface area contributed by atoms with Crippen LogP contribution in [0, 0.1) is 17.0 Å². The number of ether oxygens (including phenoxy) is 1. The van der Waals surface area contributed by atoms with E-state index in [4.69, 9.17) is 0 Å². The van der Waals surface area contributed by atoms with Crippen LogP contribution in [-0.2, 0) is 26.1 Å². The van der Waals surface area contributed by atoms with E-state index in [0.717, 1.165) is 17.5 Å². The first-order valence-corrected chi connectivity index (χ1v) is 9.05. The summed E-state index contributed by atoms with van der Waals surface area (Å²) in [5.74, 6) is -0.729. The summed E-state index contributed by atoms with van der Waals surface area (Å²) in [4.78, 5) is 21.8. The van der Waals surface area contributed by atoms with Gasteiger partial charge < -0.3 is 4.74 Å². The van der Waals surface area contributed by atoms with E-state index < -0.39 is 27.5 Å². The average molecular weight is 378 g/mol. The minimum atomic E-state index is -4.16. The van der Waals surface area contributed by atoms with Gasteiger partial charge in [0, 0.05) is 18.7 Å². The van der Waals surface area contributed by atoms with Gasteiger partial charge in [-0.05, 0) is 18.1 Å². The van der Waals surface area contributed by atoms with Gasteiger partial charge in [-0.25, -0.2) is 8.42 Å². The Morgan fingerprint density at radius 3 is 2.42 bits per heavy atom. The molecule has 0 saturated heterocycles. The highest BCUT2D eigenvalue weighted by Gasteiger charge is 2.30. The van der Waals surface area contributed by atoms with Gasteiger partial charge in [-0.2, -0.15) is 4.31 Å². The maximum atomic E-state index is 13.1. The molecule has 9 heteroatoms. The number of aryl methyl sites for hydroxylation is 1. The standard InChI is InChI=1S/C17H18N2O6S/c1-13-8-9-15(19(21)22)10-16(13)26(23,24)18(12-17(20)25-2)11-14-6-4-3-5-7-14/h3-10H,11-12H2,1-2H3. The summed E-state index contributed by atoms with van der Waals surface area (Å²) in [7, 11) is -3.00. The molecule has 26 heavy (non-hydrogen) atoms. The van der Waals surface area contributed by atoms with Gasteiger partial charge >= 0.3 is 5.97 Å². The Labute approximate surface area is 151 Å². The second-order valence-corrected chi connectivity index (χ2v) is 7.45. The molecule has 0 heterocycles. The lowest BCUT2D eigenvalue weighted by Crippen LogP contribution is -2.36. The Morgan fingerprint density at radius 2 is 1.85 bits per heavy atom. The number of rotatable bonds is 7. The van der Waals surface area contributed by atoms with Gasteiger partial charge in [0.15, 0.2) is 0 Å². The molecule has 0 aliphatic rings. The Bertz CT molecular complexity index is 912. The van der Waals surface area contributed by atoms with Gasteiger partial charge in [-0.3, -0.25) is 14.9 Å². The number of esters is 1. The Kier molecular flexibility index (Phi) is 6.06. The predicted molar refractivity (Wildman–Crippen MR) is 93.9 cm³/mol. The maximum absolute atomic E-state index is 13.1. The Balaban J connectivity index is 2.49. The van der Waals surface area contributed by atoms with Crippen LogP contribution in [0.1, 0.15) is 11.1 Å². The number of hydrogen-bond donors (Lipinski definition) is 0. The topological polar surface area (TPSA) is 107 Å². The number of nitrogens with zero attached hydrogens (tertiary/aromatic N) is 2. The molecule has 0 aromatic heterocycles. The second kappa shape index (κ2) is 8.07. The number of nitro benzene ring substituents is 1. The first-order valence-electron chi connectivity index (χ1n) is 7.61. The van der Waals surface area contributed by atoms with Crippen molar-refractivity contribution < 1.29 is 22.9 Å². The molecule has 0 aliphatic carbocycles. The van der Waals surface area contributed by atoms with Crippen molar-refractivity contribution in [1.82, 2.24) is 4.31 Å². The molecule has 0 radical (unpaired) electrons. The number of benzene rings is 2. The van der Waals surface area contributed by atoms with Gasteiger partial charge in [0.1, 0.15) is 6.54 Å². The fraction of sp³-hybridized carbons (Fsp3) is 0.235. The molecule has 0 aliphatic heterocycles. The Hall–Kier alpha value is -2.78. The molecule has 0 atom stereocenters. The predicted octanol–water partition coefficient (Wildman–Crippen LogP) is 2.27. The van der Waals surface area contributed by atoms with E-state index in [1.54, 1.807) is 30.3 Å². The largest absolute Gasteiger partial charge is 0.468 e. The zero-order chi connectivity index (χ0) is 19.3. The van der Waals surface area contributed by atoms with Crippen LogP contribution in [0.3, 0.4) is 0 Å². The number of non-ortho nitro benzene ring substituents is 1. The van der Waals surface area contributed by atoms with Crippen molar-refractivity contribution in [2.24, 2.45) is 0 Å². The zero-order valence-corrected chi connectivity index (χ0v) is 15.1. The van der Waals surface area contributed by atoms with Gasteiger partial charge in [-0.1, -0.05) is 36.4 Å². The van der Waals surface area contributed by atoms with Crippen LogP contribution in [0.4, 0.5) is 5.69 Å². The quantitative estimate of drug-likeness (QED) is 0.416. The number of hydrogen-bond acceptors (Lipinski definition) is 6. The zero-order valence-electron chi connectivity index (χ0n) is 14.3. The molecule has 2 aromatic rings. The van der Waals surface area contributed by atoms with Crippen LogP contribution >= 0.6 is 0 Å². The van der Waals surface area contributed by atoms with Crippen molar-refractivity contribution >= 4 is 21.7 Å². The summed E-state index contributed by atoms with van der Waals surface area (Å²) in [5, 5.41) is 11.0. The van der Waals surface area contributed by atoms with E-state index in [1.165, 1.54) is 19.1 Å². The fourth-order valence-corrected chi connectivity index (χ4v) is 3.96. The summed E-state index contributed by atoms with van der Waals surface area (Å²) in [6.45, 7) is 0.964. The van der Waals surface area contributed by atoms with E-state index in [0.29, 0.717) is 11.1 Å². The number of sulfonamides is 1. The SMILES string of the molecule is COC(=O)CN(Cc1ccccc1)S(=O)(=O)c1cc([N+](=O)[O-])ccc1C. The minimum absolute atomic E-state index is 0.0690. The third-order valence-electron chi connectivity index (χ3n) is 3.74. The third kappa shape index (κ3) is 4.44. The first kappa shape index (κ1) is 19.5. The molecule has 2 rings (SSSR count). The summed E-state index contributed by atoms with van der Waals surface area (Å²) in [6, 6.07) is 12.3. The molecule has 2 aromatic carbocycles. The molecule has 0 fully saturated rings. The first-order chi connectivity index (χ1) is 12.3. The van der Waals surface area contributed by atoms with Crippen LogP contribution in [0.15, 0.2) is 53.4 Å². The average Bonchev–Trinajstić information content (AvgIpc) is 2.61. The van der Waals surface area contributed by atoms with Crippen molar-refractivity contribution in [3.8, 4) is 0 Å². The summed E-state index contributed by atoms with van der Waals surface area (Å²) >= 11 is 0. The van der Waals surface area contributed by atoms with Crippen molar-refractivity contribution in [2.75, 3.05) is 13.7 Å². The second-order valence-electron chi connectivity index (χ2n) is 5.54. The van der Waals surface area contributed by atoms with Crippen molar-refractivity contribution in [2.45, 2.75) is 18.4 Å². The minimum Gasteiger partial charge on any atom is -0.468 e. The monoisotopic (exact) mass is 378 g/mol. The molecular formula is C17H18N2O6S. The van der Waals surface area contributed by atoms with E-state index in [9.17, 15) is 23.3 Å². The lowest BCUT2D eigenvalue weighted by Gasteiger charge is -2.22. The summed E-state index contributed by atoms with van der Waals surface area (Å²) in [5.41, 5.74) is 0.675. The van der Waals surface area contributed by atoms with E-state index in [1.807, 2.05) is 0 Å². The third-order valence-corrected chi connectivity index (χ3v) is 5.67. The highest BCUT2D eigenvalue weighted by Crippen LogP contribution is 2.26. The number of nitro groups is 1. The van der Waals surface area contributed by atoms with E-state index >= 15 is 0 Å². The van der Waals surface area contributed by atoms with Gasteiger partial charge in [-0.15, -0.1) is 0 Å². The van der Waals surface area contributed by atoms with E-state index in [-0.39, 0.29) is 17.1 Å². The van der Waals surface area contributed by atoms with Crippen molar-refractivity contribution in [1.29, 1.82) is 0 Å². The molecule has 0 unspecified atom stereocenters. The van der Waals surface area contributed by atoms with Gasteiger partial charge in [0.2, 0.25) is 10.0 Å². The molecule has 0 bridgehead atoms. The number of carbonyl (C=O) groups is 1.